The maximum absolute atomic E-state index is 5.68. The fraction of sp³-hybridized carbons (Fsp3) is 1.00. The lowest BCUT2D eigenvalue weighted by molar-refractivity contribution is 0.115. The smallest absolute Gasteiger partial charge is 0.0107 e. The highest BCUT2D eigenvalue weighted by Crippen LogP contribution is 2.21. The standard InChI is InChI=1S/C9H20N2/c1-3-11-6-4-5-9(7-10)8(11)2/h8-9H,3-7,10H2,1-2H3/t8-,9-/m1/s1. The molecule has 0 amide bonds. The Balaban J connectivity index is 2.45. The third-order valence-corrected chi connectivity index (χ3v) is 2.99. The summed E-state index contributed by atoms with van der Waals surface area (Å²) in [7, 11) is 0. The topological polar surface area (TPSA) is 29.3 Å². The van der Waals surface area contributed by atoms with Crippen LogP contribution in [0.25, 0.3) is 0 Å². The summed E-state index contributed by atoms with van der Waals surface area (Å²) in [6.45, 7) is 7.85. The zero-order valence-electron chi connectivity index (χ0n) is 7.71. The van der Waals surface area contributed by atoms with Crippen LogP contribution >= 0.6 is 0 Å². The molecule has 0 aliphatic carbocycles. The lowest BCUT2D eigenvalue weighted by Gasteiger charge is -2.38. The van der Waals surface area contributed by atoms with E-state index in [1.807, 2.05) is 0 Å². The molecule has 0 bridgehead atoms. The van der Waals surface area contributed by atoms with Crippen molar-refractivity contribution in [3.8, 4) is 0 Å². The van der Waals surface area contributed by atoms with Gasteiger partial charge in [-0.05, 0) is 45.3 Å². The third kappa shape index (κ3) is 1.94. The van der Waals surface area contributed by atoms with Crippen molar-refractivity contribution < 1.29 is 0 Å². The van der Waals surface area contributed by atoms with E-state index >= 15 is 0 Å². The van der Waals surface area contributed by atoms with Gasteiger partial charge in [-0.2, -0.15) is 0 Å². The fourth-order valence-corrected chi connectivity index (χ4v) is 2.06. The first kappa shape index (κ1) is 9.01. The number of hydrogen-bond donors (Lipinski definition) is 1. The summed E-state index contributed by atoms with van der Waals surface area (Å²) in [5.74, 6) is 0.740. The number of piperidine rings is 1. The van der Waals surface area contributed by atoms with Crippen molar-refractivity contribution in [3.63, 3.8) is 0 Å². The van der Waals surface area contributed by atoms with Crippen LogP contribution < -0.4 is 5.73 Å². The monoisotopic (exact) mass is 156 g/mol. The first-order valence-corrected chi connectivity index (χ1v) is 4.73. The minimum absolute atomic E-state index is 0.707. The molecular formula is C9H20N2. The fourth-order valence-electron chi connectivity index (χ4n) is 2.06. The molecule has 1 heterocycles. The second kappa shape index (κ2) is 4.07. The number of hydrogen-bond acceptors (Lipinski definition) is 2. The van der Waals surface area contributed by atoms with Gasteiger partial charge in [0.2, 0.25) is 0 Å². The third-order valence-electron chi connectivity index (χ3n) is 2.99. The van der Waals surface area contributed by atoms with Gasteiger partial charge in [0.25, 0.3) is 0 Å². The summed E-state index contributed by atoms with van der Waals surface area (Å²) in [5, 5.41) is 0. The Morgan fingerprint density at radius 3 is 2.82 bits per heavy atom. The Labute approximate surface area is 69.8 Å². The summed E-state index contributed by atoms with van der Waals surface area (Å²) in [4.78, 5) is 2.53. The van der Waals surface area contributed by atoms with E-state index in [2.05, 4.69) is 18.7 Å². The Kier molecular flexibility index (Phi) is 3.34. The molecule has 2 N–H and O–H groups in total. The van der Waals surface area contributed by atoms with E-state index in [1.165, 1.54) is 25.9 Å². The molecular weight excluding hydrogens is 136 g/mol. The maximum Gasteiger partial charge on any atom is 0.0107 e. The van der Waals surface area contributed by atoms with Gasteiger partial charge in [0.05, 0.1) is 0 Å². The number of likely N-dealkylation sites (tertiary alicyclic amines) is 1. The van der Waals surface area contributed by atoms with Crippen LogP contribution in [0.1, 0.15) is 26.7 Å². The molecule has 1 fully saturated rings. The first-order chi connectivity index (χ1) is 5.29. The predicted octanol–water partition coefficient (Wildman–Crippen LogP) is 1.07. The van der Waals surface area contributed by atoms with Crippen LogP contribution in [0.2, 0.25) is 0 Å². The van der Waals surface area contributed by atoms with Crippen molar-refractivity contribution in [3.05, 3.63) is 0 Å². The van der Waals surface area contributed by atoms with Crippen LogP contribution in [0.5, 0.6) is 0 Å². The van der Waals surface area contributed by atoms with Gasteiger partial charge in [0.15, 0.2) is 0 Å². The summed E-state index contributed by atoms with van der Waals surface area (Å²) < 4.78 is 0. The molecule has 0 spiro atoms. The summed E-state index contributed by atoms with van der Waals surface area (Å²) in [6, 6.07) is 0.707. The molecule has 2 nitrogen and oxygen atoms in total. The summed E-state index contributed by atoms with van der Waals surface area (Å²) in [6.07, 6.45) is 2.66. The molecule has 0 saturated carbocycles. The average molecular weight is 156 g/mol. The van der Waals surface area contributed by atoms with Crippen molar-refractivity contribution in [2.75, 3.05) is 19.6 Å². The van der Waals surface area contributed by atoms with Gasteiger partial charge in [-0.15, -0.1) is 0 Å². The highest BCUT2D eigenvalue weighted by Gasteiger charge is 2.25. The van der Waals surface area contributed by atoms with Gasteiger partial charge < -0.3 is 10.6 Å². The maximum atomic E-state index is 5.68. The van der Waals surface area contributed by atoms with E-state index in [9.17, 15) is 0 Å². The largest absolute Gasteiger partial charge is 0.330 e. The molecule has 1 rings (SSSR count). The summed E-state index contributed by atoms with van der Waals surface area (Å²) >= 11 is 0. The number of nitrogens with zero attached hydrogens (tertiary/aromatic N) is 1. The molecule has 66 valence electrons. The minimum atomic E-state index is 0.707. The quantitative estimate of drug-likeness (QED) is 0.648. The Morgan fingerprint density at radius 2 is 2.27 bits per heavy atom. The van der Waals surface area contributed by atoms with Crippen molar-refractivity contribution in [2.24, 2.45) is 11.7 Å². The lowest BCUT2D eigenvalue weighted by Crippen LogP contribution is -2.45. The van der Waals surface area contributed by atoms with Crippen molar-refractivity contribution in [2.45, 2.75) is 32.7 Å². The Bertz CT molecular complexity index is 102. The molecule has 2 heteroatoms. The second-order valence-corrected chi connectivity index (χ2v) is 3.51. The van der Waals surface area contributed by atoms with Crippen LogP contribution in [0, 0.1) is 5.92 Å². The minimum Gasteiger partial charge on any atom is -0.330 e. The van der Waals surface area contributed by atoms with Crippen molar-refractivity contribution in [1.29, 1.82) is 0 Å². The average Bonchev–Trinajstić information content (AvgIpc) is 2.05. The second-order valence-electron chi connectivity index (χ2n) is 3.51. The van der Waals surface area contributed by atoms with E-state index in [-0.39, 0.29) is 0 Å². The van der Waals surface area contributed by atoms with Crippen LogP contribution in [0.3, 0.4) is 0 Å². The molecule has 0 aromatic heterocycles. The molecule has 11 heavy (non-hydrogen) atoms. The molecule has 1 aliphatic heterocycles. The highest BCUT2D eigenvalue weighted by atomic mass is 15.2. The highest BCUT2D eigenvalue weighted by molar-refractivity contribution is 4.80. The normalized spacial score (nSPS) is 34.1. The Hall–Kier alpha value is -0.0800. The molecule has 1 saturated heterocycles. The number of nitrogens with two attached hydrogens (primary N) is 1. The van der Waals surface area contributed by atoms with Crippen LogP contribution in [0.15, 0.2) is 0 Å². The van der Waals surface area contributed by atoms with Crippen molar-refractivity contribution in [1.82, 2.24) is 4.90 Å². The van der Waals surface area contributed by atoms with Gasteiger partial charge in [-0.25, -0.2) is 0 Å². The number of rotatable bonds is 2. The van der Waals surface area contributed by atoms with Crippen molar-refractivity contribution >= 4 is 0 Å². The molecule has 1 aliphatic rings. The van der Waals surface area contributed by atoms with Crippen LogP contribution in [-0.2, 0) is 0 Å². The predicted molar refractivity (Wildman–Crippen MR) is 48.5 cm³/mol. The van der Waals surface area contributed by atoms with Gasteiger partial charge in [-0.3, -0.25) is 0 Å². The van der Waals surface area contributed by atoms with E-state index in [1.54, 1.807) is 0 Å². The molecule has 2 atom stereocenters. The zero-order chi connectivity index (χ0) is 8.27. The van der Waals surface area contributed by atoms with Gasteiger partial charge in [0.1, 0.15) is 0 Å². The molecule has 0 unspecified atom stereocenters. The van der Waals surface area contributed by atoms with E-state index in [4.69, 9.17) is 5.73 Å². The lowest BCUT2D eigenvalue weighted by atomic mass is 9.90. The molecule has 0 aromatic carbocycles. The van der Waals surface area contributed by atoms with Gasteiger partial charge in [0, 0.05) is 6.04 Å². The zero-order valence-corrected chi connectivity index (χ0v) is 7.71. The SMILES string of the molecule is CCN1CCC[C@H](CN)[C@H]1C. The summed E-state index contributed by atoms with van der Waals surface area (Å²) in [5.41, 5.74) is 5.68. The van der Waals surface area contributed by atoms with Crippen LogP contribution in [-0.4, -0.2) is 30.6 Å². The van der Waals surface area contributed by atoms with Gasteiger partial charge in [-0.1, -0.05) is 6.92 Å². The van der Waals surface area contributed by atoms with E-state index in [0.717, 1.165) is 12.5 Å². The van der Waals surface area contributed by atoms with E-state index in [0.29, 0.717) is 6.04 Å². The first-order valence-electron chi connectivity index (χ1n) is 4.73. The molecule has 0 radical (unpaired) electrons. The molecule has 0 aromatic rings. The van der Waals surface area contributed by atoms with E-state index < -0.39 is 0 Å². The van der Waals surface area contributed by atoms with Gasteiger partial charge >= 0.3 is 0 Å². The van der Waals surface area contributed by atoms with Crippen LogP contribution in [0.4, 0.5) is 0 Å². The Morgan fingerprint density at radius 1 is 1.55 bits per heavy atom.